The van der Waals surface area contributed by atoms with E-state index in [-0.39, 0.29) is 0 Å². The van der Waals surface area contributed by atoms with Gasteiger partial charge in [0.2, 0.25) is 17.7 Å². The van der Waals surface area contributed by atoms with Crippen LogP contribution in [-0.2, 0) is 19.2 Å². The van der Waals surface area contributed by atoms with Crippen molar-refractivity contribution in [3.8, 4) is 0 Å². The van der Waals surface area contributed by atoms with E-state index in [9.17, 15) is 19.2 Å². The molecule has 6 N–H and O–H groups in total. The lowest BCUT2D eigenvalue weighted by Crippen LogP contribution is -2.54. The van der Waals surface area contributed by atoms with Gasteiger partial charge in [-0.1, -0.05) is 0 Å². The van der Waals surface area contributed by atoms with Gasteiger partial charge >= 0.3 is 5.97 Å². The molecule has 0 aliphatic heterocycles. The second-order valence-corrected chi connectivity index (χ2v) is 4.82. The summed E-state index contributed by atoms with van der Waals surface area (Å²) in [5.74, 6) is -2.88. The molecule has 0 saturated heterocycles. The summed E-state index contributed by atoms with van der Waals surface area (Å²) < 4.78 is 0. The first kappa shape index (κ1) is 18.8. The van der Waals surface area contributed by atoms with Gasteiger partial charge in [-0.15, -0.1) is 0 Å². The van der Waals surface area contributed by atoms with Gasteiger partial charge in [0, 0.05) is 0 Å². The summed E-state index contributed by atoms with van der Waals surface area (Å²) in [5.41, 5.74) is 5.35. The van der Waals surface area contributed by atoms with Crippen molar-refractivity contribution in [1.82, 2.24) is 16.0 Å². The van der Waals surface area contributed by atoms with Gasteiger partial charge < -0.3 is 26.8 Å². The molecule has 0 rings (SSSR count). The van der Waals surface area contributed by atoms with E-state index in [1.54, 1.807) is 0 Å². The topological polar surface area (TPSA) is 151 Å². The van der Waals surface area contributed by atoms with Crippen molar-refractivity contribution in [2.75, 3.05) is 0 Å². The molecule has 0 heterocycles. The molecular weight excluding hydrogens is 284 g/mol. The Hall–Kier alpha value is -2.16. The number of carbonyl (C=O) groups excluding carboxylic acids is 3. The lowest BCUT2D eigenvalue weighted by molar-refractivity contribution is -0.141. The van der Waals surface area contributed by atoms with Gasteiger partial charge in [0.25, 0.3) is 0 Å². The molecule has 0 saturated carbocycles. The maximum absolute atomic E-state index is 11.8. The summed E-state index contributed by atoms with van der Waals surface area (Å²) in [6.45, 7) is 5.63. The Bertz CT molecular complexity index is 424. The molecule has 0 spiro atoms. The van der Waals surface area contributed by atoms with E-state index in [1.165, 1.54) is 27.7 Å². The smallest absolute Gasteiger partial charge is 0.325 e. The van der Waals surface area contributed by atoms with Crippen LogP contribution in [0.3, 0.4) is 0 Å². The number of amides is 3. The monoisotopic (exact) mass is 306 g/mol. The molecule has 3 amide bonds. The van der Waals surface area contributed by atoms with E-state index in [1.807, 2.05) is 0 Å². The minimum absolute atomic E-state index is 0.491. The second-order valence-electron chi connectivity index (χ2n) is 4.82. The van der Waals surface area contributed by atoms with E-state index < -0.39 is 47.9 Å². The zero-order valence-corrected chi connectivity index (χ0v) is 12.5. The quantitative estimate of drug-likeness (QED) is 0.269. The molecule has 120 valence electrons. The number of aliphatic carboxylic acids is 1. The molecule has 0 bridgehead atoms. The Morgan fingerprint density at radius 2 is 1.10 bits per heavy atom. The Kier molecular flexibility index (Phi) is 7.36. The number of carbonyl (C=O) groups is 4. The van der Waals surface area contributed by atoms with Gasteiger partial charge in [-0.05, 0) is 27.7 Å². The molecule has 0 unspecified atom stereocenters. The second kappa shape index (κ2) is 8.20. The van der Waals surface area contributed by atoms with E-state index in [0.29, 0.717) is 0 Å². The molecule has 0 aliphatic rings. The van der Waals surface area contributed by atoms with Gasteiger partial charge in [-0.25, -0.2) is 0 Å². The molecule has 0 fully saturated rings. The highest BCUT2D eigenvalue weighted by Gasteiger charge is 2.23. The summed E-state index contributed by atoms with van der Waals surface area (Å²) in [6.07, 6.45) is 0. The van der Waals surface area contributed by atoms with E-state index in [0.717, 1.165) is 0 Å². The fraction of sp³-hybridized carbons (Fsp3) is 0.667. The number of nitrogens with one attached hydrogen (secondary N) is 3. The zero-order valence-electron chi connectivity index (χ0n) is 12.5. The summed E-state index contributed by atoms with van der Waals surface area (Å²) in [6, 6.07) is -3.62. The van der Waals surface area contributed by atoms with Crippen molar-refractivity contribution in [2.24, 2.45) is 5.73 Å². The summed E-state index contributed by atoms with van der Waals surface area (Å²) in [7, 11) is 0. The molecule has 0 aliphatic carbocycles. The van der Waals surface area contributed by atoms with E-state index in [4.69, 9.17) is 10.8 Å². The summed E-state index contributed by atoms with van der Waals surface area (Å²) >= 11 is 0. The van der Waals surface area contributed by atoms with Crippen LogP contribution >= 0.6 is 0 Å². The third-order valence-corrected chi connectivity index (χ3v) is 2.65. The average Bonchev–Trinajstić information content (AvgIpc) is 2.37. The maximum Gasteiger partial charge on any atom is 0.325 e. The predicted octanol–water partition coefficient (Wildman–Crippen LogP) is -2.07. The normalized spacial score (nSPS) is 16.0. The van der Waals surface area contributed by atoms with Crippen molar-refractivity contribution in [1.29, 1.82) is 0 Å². The van der Waals surface area contributed by atoms with Crippen LogP contribution in [0, 0.1) is 0 Å². The third-order valence-electron chi connectivity index (χ3n) is 2.65. The third kappa shape index (κ3) is 6.70. The molecule has 0 aromatic rings. The molecule has 21 heavy (non-hydrogen) atoms. The van der Waals surface area contributed by atoms with Crippen LogP contribution in [-0.4, -0.2) is 53.0 Å². The van der Waals surface area contributed by atoms with Gasteiger partial charge in [0.05, 0.1) is 6.04 Å². The zero-order chi connectivity index (χ0) is 16.7. The van der Waals surface area contributed by atoms with Crippen molar-refractivity contribution in [2.45, 2.75) is 51.9 Å². The van der Waals surface area contributed by atoms with Crippen LogP contribution in [0.5, 0.6) is 0 Å². The first-order chi connectivity index (χ1) is 9.56. The molecule has 0 aromatic heterocycles. The van der Waals surface area contributed by atoms with Crippen molar-refractivity contribution in [3.63, 3.8) is 0 Å². The lowest BCUT2D eigenvalue weighted by Gasteiger charge is -2.19. The number of rotatable bonds is 7. The van der Waals surface area contributed by atoms with Crippen LogP contribution in [0.15, 0.2) is 0 Å². The average molecular weight is 306 g/mol. The molecular formula is C12H22N4O5. The number of carboxylic acid groups (broad SMARTS) is 1. The highest BCUT2D eigenvalue weighted by Crippen LogP contribution is 1.91. The van der Waals surface area contributed by atoms with Gasteiger partial charge in [-0.3, -0.25) is 19.2 Å². The molecule has 0 aromatic carbocycles. The SMILES string of the molecule is C[C@H](N)C(=O)N[C@@H](C)C(=O)[15NH][13C@@H]([13CH3])[13C](=O)N[C@@H](C)C(=O)O. The minimum Gasteiger partial charge on any atom is -0.480 e. The highest BCUT2D eigenvalue weighted by atomic mass is 16.4. The number of hydrogen-bond donors (Lipinski definition) is 5. The van der Waals surface area contributed by atoms with Gasteiger partial charge in [0.1, 0.15) is 18.1 Å². The fourth-order valence-electron chi connectivity index (χ4n) is 1.21. The van der Waals surface area contributed by atoms with Crippen LogP contribution in [0.4, 0.5) is 0 Å². The Labute approximate surface area is 122 Å². The summed E-state index contributed by atoms with van der Waals surface area (Å²) in [5, 5.41) is 15.6. The van der Waals surface area contributed by atoms with Crippen LogP contribution in [0.1, 0.15) is 27.7 Å². The van der Waals surface area contributed by atoms with Crippen molar-refractivity contribution < 1.29 is 24.3 Å². The summed E-state index contributed by atoms with van der Waals surface area (Å²) in [4.78, 5) is 45.4. The lowest BCUT2D eigenvalue weighted by atomic mass is 10.3. The number of carboxylic acids is 1. The van der Waals surface area contributed by atoms with Crippen LogP contribution < -0.4 is 21.7 Å². The number of nitrogens with two attached hydrogens (primary N) is 1. The first-order valence-electron chi connectivity index (χ1n) is 6.45. The van der Waals surface area contributed by atoms with E-state index >= 15 is 0 Å². The molecule has 4 atom stereocenters. The fourth-order valence-corrected chi connectivity index (χ4v) is 1.21. The highest BCUT2D eigenvalue weighted by molar-refractivity contribution is 5.93. The number of hydrogen-bond acceptors (Lipinski definition) is 5. The van der Waals surface area contributed by atoms with Gasteiger partial charge in [0.15, 0.2) is 0 Å². The van der Waals surface area contributed by atoms with Crippen molar-refractivity contribution >= 4 is 23.7 Å². The largest absolute Gasteiger partial charge is 0.480 e. The van der Waals surface area contributed by atoms with E-state index in [2.05, 4.69) is 16.0 Å². The molecule has 9 nitrogen and oxygen atoms in total. The molecule has 9 heteroatoms. The van der Waals surface area contributed by atoms with Crippen LogP contribution in [0.2, 0.25) is 0 Å². The predicted molar refractivity (Wildman–Crippen MR) is 74.1 cm³/mol. The Morgan fingerprint density at radius 1 is 0.762 bits per heavy atom. The van der Waals surface area contributed by atoms with Crippen molar-refractivity contribution in [3.05, 3.63) is 0 Å². The maximum atomic E-state index is 11.8. The minimum atomic E-state index is -1.18. The molecule has 0 radical (unpaired) electrons. The van der Waals surface area contributed by atoms with Gasteiger partial charge in [-0.2, -0.15) is 0 Å². The van der Waals surface area contributed by atoms with Crippen LogP contribution in [0.25, 0.3) is 0 Å². The Morgan fingerprint density at radius 3 is 1.43 bits per heavy atom. The Balaban J connectivity index is 4.40. The first-order valence-corrected chi connectivity index (χ1v) is 6.45. The standard InChI is InChI=1S/C12H22N4O5/c1-5(13)9(17)14-6(2)10(18)15-7(3)11(19)16-8(4)12(20)21/h5-8H,13H2,1-4H3,(H,14,17)(H,15,18)(H,16,19)(H,20,21)/t5-,6-,7-,8-/m0/s1/i3+1,7+1,11+1,15+1.